The summed E-state index contributed by atoms with van der Waals surface area (Å²) in [4.78, 5) is 8.53. The van der Waals surface area contributed by atoms with Crippen molar-refractivity contribution in [2.24, 2.45) is 11.8 Å². The summed E-state index contributed by atoms with van der Waals surface area (Å²) in [6.45, 7) is 17.3. The van der Waals surface area contributed by atoms with Crippen LogP contribution in [0.3, 0.4) is 0 Å². The Morgan fingerprint density at radius 3 is 1.61 bits per heavy atom. The average Bonchev–Trinajstić information content (AvgIpc) is 3.08. The van der Waals surface area contributed by atoms with E-state index in [1.54, 1.807) is 0 Å². The molecule has 4 heterocycles. The van der Waals surface area contributed by atoms with Crippen LogP contribution in [-0.2, 0) is 0 Å². The Labute approximate surface area is 175 Å². The molecule has 4 fully saturated rings. The molecule has 0 amide bonds. The van der Waals surface area contributed by atoms with Crippen LogP contribution in [0, 0.1) is 11.8 Å². The zero-order chi connectivity index (χ0) is 20.0. The van der Waals surface area contributed by atoms with Gasteiger partial charge in [-0.3, -0.25) is 14.7 Å². The Bertz CT molecular complexity index is 444. The molecule has 4 rings (SSSR count). The van der Waals surface area contributed by atoms with Crippen LogP contribution < -0.4 is 0 Å². The van der Waals surface area contributed by atoms with Crippen molar-refractivity contribution < 1.29 is 0 Å². The van der Waals surface area contributed by atoms with E-state index < -0.39 is 0 Å². The third-order valence-corrected chi connectivity index (χ3v) is 9.05. The minimum absolute atomic E-state index is 0.724. The summed E-state index contributed by atoms with van der Waals surface area (Å²) in [5.74, 6) is 1.89. The van der Waals surface area contributed by atoms with E-state index in [0.29, 0.717) is 0 Å². The van der Waals surface area contributed by atoms with Crippen molar-refractivity contribution >= 4 is 0 Å². The average molecular weight is 390 g/mol. The van der Waals surface area contributed by atoms with Gasteiger partial charge in [0.15, 0.2) is 0 Å². The minimum Gasteiger partial charge on any atom is -0.298 e. The number of nitrogens with zero attached hydrogens (tertiary/aromatic N) is 3. The topological polar surface area (TPSA) is 9.72 Å². The van der Waals surface area contributed by atoms with Crippen LogP contribution in [0.15, 0.2) is 0 Å². The molecule has 4 saturated heterocycles. The molecule has 0 saturated carbocycles. The van der Waals surface area contributed by atoms with Crippen LogP contribution in [0.2, 0.25) is 0 Å². The Kier molecular flexibility index (Phi) is 6.45. The SMILES string of the molecule is CC(CCC(C)N1CC2CCC(C1)N2C(C)C)C1CC2CCC(C1)N2C(C)C. The fourth-order valence-electron chi connectivity index (χ4n) is 7.66. The second kappa shape index (κ2) is 8.55. The third kappa shape index (κ3) is 4.05. The van der Waals surface area contributed by atoms with E-state index in [-0.39, 0.29) is 0 Å². The number of rotatable bonds is 7. The van der Waals surface area contributed by atoms with E-state index in [2.05, 4.69) is 56.2 Å². The third-order valence-electron chi connectivity index (χ3n) is 9.05. The summed E-state index contributed by atoms with van der Waals surface area (Å²) in [6, 6.07) is 5.68. The van der Waals surface area contributed by atoms with Gasteiger partial charge in [0.2, 0.25) is 0 Å². The largest absolute Gasteiger partial charge is 0.298 e. The van der Waals surface area contributed by atoms with E-state index in [1.807, 2.05) is 0 Å². The quantitative estimate of drug-likeness (QED) is 0.607. The lowest BCUT2D eigenvalue weighted by Crippen LogP contribution is -2.57. The Balaban J connectivity index is 1.25. The fraction of sp³-hybridized carbons (Fsp3) is 1.00. The standard InChI is InChI=1S/C25H47N3/c1-17(2)27-22-9-10-23(27)14-21(13-22)19(5)7-8-20(6)26-15-24-11-12-25(16-26)28(24)18(3)4/h17-25H,7-16H2,1-6H3. The summed E-state index contributed by atoms with van der Waals surface area (Å²) in [7, 11) is 0. The Hall–Kier alpha value is -0.120. The molecule has 0 aromatic carbocycles. The van der Waals surface area contributed by atoms with Gasteiger partial charge < -0.3 is 0 Å². The van der Waals surface area contributed by atoms with Gasteiger partial charge in [0.1, 0.15) is 0 Å². The van der Waals surface area contributed by atoms with Gasteiger partial charge in [0.05, 0.1) is 0 Å². The number of hydrogen-bond donors (Lipinski definition) is 0. The summed E-state index contributed by atoms with van der Waals surface area (Å²) in [5, 5.41) is 0. The number of piperazine rings is 1. The molecule has 28 heavy (non-hydrogen) atoms. The van der Waals surface area contributed by atoms with Gasteiger partial charge in [-0.25, -0.2) is 0 Å². The first kappa shape index (κ1) is 21.1. The van der Waals surface area contributed by atoms with E-state index in [0.717, 1.165) is 54.1 Å². The van der Waals surface area contributed by atoms with E-state index in [4.69, 9.17) is 0 Å². The molecule has 6 atom stereocenters. The highest BCUT2D eigenvalue weighted by Crippen LogP contribution is 2.43. The molecule has 3 heteroatoms. The zero-order valence-electron chi connectivity index (χ0n) is 19.6. The number of fused-ring (bicyclic) bond motifs is 4. The van der Waals surface area contributed by atoms with Crippen molar-refractivity contribution in [2.45, 2.75) is 135 Å². The van der Waals surface area contributed by atoms with Crippen molar-refractivity contribution in [1.82, 2.24) is 14.7 Å². The molecule has 0 spiro atoms. The lowest BCUT2D eigenvalue weighted by Gasteiger charge is -2.46. The minimum atomic E-state index is 0.724. The van der Waals surface area contributed by atoms with E-state index >= 15 is 0 Å². The molecule has 0 aromatic rings. The zero-order valence-corrected chi connectivity index (χ0v) is 19.6. The van der Waals surface area contributed by atoms with Gasteiger partial charge in [0, 0.05) is 55.4 Å². The lowest BCUT2D eigenvalue weighted by atomic mass is 9.79. The van der Waals surface area contributed by atoms with Gasteiger partial charge >= 0.3 is 0 Å². The molecule has 3 nitrogen and oxygen atoms in total. The van der Waals surface area contributed by atoms with Gasteiger partial charge in [-0.2, -0.15) is 0 Å². The first-order chi connectivity index (χ1) is 13.3. The van der Waals surface area contributed by atoms with Crippen LogP contribution in [0.5, 0.6) is 0 Å². The second-order valence-electron chi connectivity index (χ2n) is 11.4. The van der Waals surface area contributed by atoms with Gasteiger partial charge in [0.25, 0.3) is 0 Å². The van der Waals surface area contributed by atoms with Crippen LogP contribution in [0.1, 0.15) is 92.9 Å². The second-order valence-corrected chi connectivity index (χ2v) is 11.4. The van der Waals surface area contributed by atoms with E-state index in [1.165, 1.54) is 64.5 Å². The van der Waals surface area contributed by atoms with Crippen molar-refractivity contribution in [2.75, 3.05) is 13.1 Å². The Morgan fingerprint density at radius 2 is 1.11 bits per heavy atom. The highest BCUT2D eigenvalue weighted by atomic mass is 15.3. The van der Waals surface area contributed by atoms with Crippen molar-refractivity contribution in [3.05, 3.63) is 0 Å². The van der Waals surface area contributed by atoms with Crippen molar-refractivity contribution in [3.63, 3.8) is 0 Å². The van der Waals surface area contributed by atoms with Crippen molar-refractivity contribution in [3.8, 4) is 0 Å². The number of likely N-dealkylation sites (tertiary alicyclic amines) is 1. The van der Waals surface area contributed by atoms with Crippen LogP contribution in [-0.4, -0.2) is 70.1 Å². The maximum absolute atomic E-state index is 2.86. The predicted molar refractivity (Wildman–Crippen MR) is 120 cm³/mol. The van der Waals surface area contributed by atoms with Gasteiger partial charge in [-0.15, -0.1) is 0 Å². The molecule has 0 aliphatic carbocycles. The molecular weight excluding hydrogens is 342 g/mol. The maximum atomic E-state index is 2.86. The molecule has 0 aromatic heterocycles. The molecule has 0 radical (unpaired) electrons. The fourth-order valence-corrected chi connectivity index (χ4v) is 7.66. The molecule has 0 N–H and O–H groups in total. The molecule has 4 aliphatic rings. The molecule has 4 bridgehead atoms. The van der Waals surface area contributed by atoms with Crippen LogP contribution >= 0.6 is 0 Å². The predicted octanol–water partition coefficient (Wildman–Crippen LogP) is 5.00. The molecular formula is C25H47N3. The first-order valence-electron chi connectivity index (χ1n) is 12.6. The van der Waals surface area contributed by atoms with Crippen LogP contribution in [0.4, 0.5) is 0 Å². The highest BCUT2D eigenvalue weighted by molar-refractivity contribution is 4.99. The van der Waals surface area contributed by atoms with Gasteiger partial charge in [-0.05, 0) is 97.8 Å². The highest BCUT2D eigenvalue weighted by Gasteiger charge is 2.44. The Morgan fingerprint density at radius 1 is 0.643 bits per heavy atom. The summed E-state index contributed by atoms with van der Waals surface area (Å²) in [6.07, 6.45) is 11.6. The number of piperidine rings is 1. The smallest absolute Gasteiger partial charge is 0.0230 e. The molecule has 6 unspecified atom stereocenters. The first-order valence-corrected chi connectivity index (χ1v) is 12.6. The van der Waals surface area contributed by atoms with Crippen molar-refractivity contribution in [1.29, 1.82) is 0 Å². The van der Waals surface area contributed by atoms with E-state index in [9.17, 15) is 0 Å². The lowest BCUT2D eigenvalue weighted by molar-refractivity contribution is 0.0198. The molecule has 4 aliphatic heterocycles. The summed E-state index contributed by atoms with van der Waals surface area (Å²) < 4.78 is 0. The monoisotopic (exact) mass is 389 g/mol. The maximum Gasteiger partial charge on any atom is 0.0230 e. The summed E-state index contributed by atoms with van der Waals surface area (Å²) in [5.41, 5.74) is 0. The van der Waals surface area contributed by atoms with Crippen LogP contribution in [0.25, 0.3) is 0 Å². The molecule has 162 valence electrons. The summed E-state index contributed by atoms with van der Waals surface area (Å²) >= 11 is 0. The van der Waals surface area contributed by atoms with Gasteiger partial charge in [-0.1, -0.05) is 6.92 Å². The number of hydrogen-bond acceptors (Lipinski definition) is 3. The normalized spacial score (nSPS) is 39.2.